The average molecular weight is 376 g/mol. The van der Waals surface area contributed by atoms with Gasteiger partial charge in [-0.25, -0.2) is 12.8 Å². The second-order valence-corrected chi connectivity index (χ2v) is 8.85. The molecular weight excluding hydrogens is 355 g/mol. The maximum absolute atomic E-state index is 13.8. The number of aromatic nitrogens is 1. The van der Waals surface area contributed by atoms with Gasteiger partial charge >= 0.3 is 0 Å². The largest absolute Gasteiger partial charge is 0.383 e. The van der Waals surface area contributed by atoms with E-state index in [-0.39, 0.29) is 17.3 Å². The summed E-state index contributed by atoms with van der Waals surface area (Å²) >= 11 is 0. The van der Waals surface area contributed by atoms with Gasteiger partial charge in [-0.2, -0.15) is 5.26 Å². The maximum atomic E-state index is 13.8. The molecule has 0 unspecified atom stereocenters. The first-order valence-electron chi connectivity index (χ1n) is 8.55. The van der Waals surface area contributed by atoms with E-state index in [9.17, 15) is 18.1 Å². The Morgan fingerprint density at radius 1 is 1.35 bits per heavy atom. The molecule has 0 bridgehead atoms. The fraction of sp³-hybridized carbons (Fsp3) is 0.444. The zero-order valence-corrected chi connectivity index (χ0v) is 15.4. The predicted octanol–water partition coefficient (Wildman–Crippen LogP) is 2.09. The highest BCUT2D eigenvalue weighted by Gasteiger charge is 2.21. The minimum absolute atomic E-state index is 0.215. The van der Waals surface area contributed by atoms with Gasteiger partial charge in [0.05, 0.1) is 28.3 Å². The van der Waals surface area contributed by atoms with Crippen LogP contribution in [0.2, 0.25) is 0 Å². The lowest BCUT2D eigenvalue weighted by molar-refractivity contribution is 0.295. The Morgan fingerprint density at radius 2 is 2.08 bits per heavy atom. The lowest BCUT2D eigenvalue weighted by Crippen LogP contribution is -2.41. The van der Waals surface area contributed by atoms with Crippen molar-refractivity contribution in [3.05, 3.63) is 35.3 Å². The molecule has 2 heterocycles. The number of nitrogens with one attached hydrogen (secondary N) is 1. The molecule has 1 saturated heterocycles. The second kappa shape index (κ2) is 7.56. The van der Waals surface area contributed by atoms with E-state index in [1.54, 1.807) is 6.92 Å². The summed E-state index contributed by atoms with van der Waals surface area (Å²) in [4.78, 5) is 6.40. The number of halogens is 1. The number of nitriles is 1. The van der Waals surface area contributed by atoms with Crippen LogP contribution >= 0.6 is 0 Å². The van der Waals surface area contributed by atoms with Crippen LogP contribution in [0.1, 0.15) is 17.5 Å². The van der Waals surface area contributed by atoms with E-state index >= 15 is 0 Å². The molecular formula is C18H21FN4O2S. The zero-order chi connectivity index (χ0) is 18.7. The first kappa shape index (κ1) is 18.5. The first-order chi connectivity index (χ1) is 12.4. The number of pyridine rings is 1. The van der Waals surface area contributed by atoms with Gasteiger partial charge in [-0.1, -0.05) is 0 Å². The Morgan fingerprint density at radius 3 is 2.77 bits per heavy atom. The van der Waals surface area contributed by atoms with Crippen molar-refractivity contribution >= 4 is 26.4 Å². The summed E-state index contributed by atoms with van der Waals surface area (Å²) in [6.07, 6.45) is 2.30. The molecule has 3 rings (SSSR count). The lowest BCUT2D eigenvalue weighted by atomic mass is 10.1. The van der Waals surface area contributed by atoms with E-state index < -0.39 is 9.84 Å². The van der Waals surface area contributed by atoms with Crippen molar-refractivity contribution in [3.63, 3.8) is 0 Å². The van der Waals surface area contributed by atoms with Crippen LogP contribution in [0.5, 0.6) is 0 Å². The molecule has 1 aliphatic heterocycles. The number of aryl methyl sites for hydroxylation is 1. The molecule has 1 aromatic carbocycles. The lowest BCUT2D eigenvalue weighted by Gasteiger charge is -2.26. The average Bonchev–Trinajstić information content (AvgIpc) is 2.59. The molecule has 0 amide bonds. The maximum Gasteiger partial charge on any atom is 0.152 e. The molecule has 1 N–H and O–H groups in total. The van der Waals surface area contributed by atoms with Gasteiger partial charge in [0.2, 0.25) is 0 Å². The number of anilines is 1. The van der Waals surface area contributed by atoms with E-state index in [4.69, 9.17) is 0 Å². The number of rotatable bonds is 5. The summed E-state index contributed by atoms with van der Waals surface area (Å²) in [5.74, 6) is 0.0727. The molecule has 0 aliphatic carbocycles. The minimum atomic E-state index is -2.87. The zero-order valence-electron chi connectivity index (χ0n) is 14.6. The predicted molar refractivity (Wildman–Crippen MR) is 99.4 cm³/mol. The van der Waals surface area contributed by atoms with Gasteiger partial charge in [-0.3, -0.25) is 4.98 Å². The Hall–Kier alpha value is -2.24. The number of fused-ring (bicyclic) bond motifs is 1. The van der Waals surface area contributed by atoms with Crippen LogP contribution in [-0.2, 0) is 9.84 Å². The molecule has 8 heteroatoms. The molecule has 138 valence electrons. The fourth-order valence-corrected chi connectivity index (χ4v) is 4.48. The van der Waals surface area contributed by atoms with Gasteiger partial charge in [-0.05, 0) is 37.6 Å². The van der Waals surface area contributed by atoms with Crippen molar-refractivity contribution in [1.82, 2.24) is 9.88 Å². The van der Waals surface area contributed by atoms with Crippen molar-refractivity contribution in [2.75, 3.05) is 43.0 Å². The van der Waals surface area contributed by atoms with Gasteiger partial charge in [0, 0.05) is 31.2 Å². The fourth-order valence-electron chi connectivity index (χ4n) is 3.20. The standard InChI is InChI=1S/C18H21FN4O2S/c1-13-9-15(19)10-16-17(13)22-12-14(11-20)18(16)21-3-2-4-23-5-7-26(24,25)8-6-23/h9-10,12H,2-8H2,1H3,(H,21,22). The van der Waals surface area contributed by atoms with Crippen LogP contribution in [0, 0.1) is 24.1 Å². The van der Waals surface area contributed by atoms with Crippen molar-refractivity contribution in [2.45, 2.75) is 13.3 Å². The summed E-state index contributed by atoms with van der Waals surface area (Å²) in [5, 5.41) is 13.2. The summed E-state index contributed by atoms with van der Waals surface area (Å²) < 4.78 is 36.7. The van der Waals surface area contributed by atoms with Gasteiger partial charge in [0.1, 0.15) is 11.9 Å². The first-order valence-corrected chi connectivity index (χ1v) is 10.4. The quantitative estimate of drug-likeness (QED) is 0.804. The Labute approximate surface area is 152 Å². The number of benzene rings is 1. The number of hydrogen-bond donors (Lipinski definition) is 1. The smallest absolute Gasteiger partial charge is 0.152 e. The third-order valence-corrected chi connectivity index (χ3v) is 6.25. The highest BCUT2D eigenvalue weighted by Crippen LogP contribution is 2.28. The Kier molecular flexibility index (Phi) is 5.39. The van der Waals surface area contributed by atoms with Crippen LogP contribution in [0.25, 0.3) is 10.9 Å². The summed E-state index contributed by atoms with van der Waals surface area (Å²) in [5.41, 5.74) is 2.38. The summed E-state index contributed by atoms with van der Waals surface area (Å²) in [7, 11) is -2.87. The van der Waals surface area contributed by atoms with Gasteiger partial charge < -0.3 is 10.2 Å². The van der Waals surface area contributed by atoms with Crippen molar-refractivity contribution in [1.29, 1.82) is 5.26 Å². The van der Waals surface area contributed by atoms with Crippen molar-refractivity contribution in [2.24, 2.45) is 0 Å². The van der Waals surface area contributed by atoms with Gasteiger partial charge in [-0.15, -0.1) is 0 Å². The third-order valence-electron chi connectivity index (χ3n) is 4.64. The molecule has 0 atom stereocenters. The van der Waals surface area contributed by atoms with Crippen LogP contribution in [0.15, 0.2) is 18.3 Å². The van der Waals surface area contributed by atoms with Crippen LogP contribution in [-0.4, -0.2) is 56.0 Å². The Bertz CT molecular complexity index is 955. The monoisotopic (exact) mass is 376 g/mol. The van der Waals surface area contributed by atoms with Gasteiger partial charge in [0.25, 0.3) is 0 Å². The summed E-state index contributed by atoms with van der Waals surface area (Å²) in [6, 6.07) is 4.92. The van der Waals surface area contributed by atoms with Crippen LogP contribution < -0.4 is 5.32 Å². The van der Waals surface area contributed by atoms with Crippen LogP contribution in [0.3, 0.4) is 0 Å². The molecule has 0 saturated carbocycles. The number of hydrogen-bond acceptors (Lipinski definition) is 6. The van der Waals surface area contributed by atoms with E-state index in [2.05, 4.69) is 21.3 Å². The molecule has 2 aromatic rings. The van der Waals surface area contributed by atoms with E-state index in [1.807, 2.05) is 0 Å². The second-order valence-electron chi connectivity index (χ2n) is 6.55. The molecule has 26 heavy (non-hydrogen) atoms. The number of sulfone groups is 1. The highest BCUT2D eigenvalue weighted by atomic mass is 32.2. The summed E-state index contributed by atoms with van der Waals surface area (Å²) in [6.45, 7) is 4.30. The highest BCUT2D eigenvalue weighted by molar-refractivity contribution is 7.91. The molecule has 1 fully saturated rings. The minimum Gasteiger partial charge on any atom is -0.383 e. The van der Waals surface area contributed by atoms with Crippen molar-refractivity contribution < 1.29 is 12.8 Å². The van der Waals surface area contributed by atoms with E-state index in [0.29, 0.717) is 41.8 Å². The van der Waals surface area contributed by atoms with E-state index in [0.717, 1.165) is 18.5 Å². The SMILES string of the molecule is Cc1cc(F)cc2c(NCCCN3CCS(=O)(=O)CC3)c(C#N)cnc12. The third kappa shape index (κ3) is 4.11. The van der Waals surface area contributed by atoms with Gasteiger partial charge in [0.15, 0.2) is 9.84 Å². The molecule has 1 aromatic heterocycles. The normalized spacial score (nSPS) is 17.1. The molecule has 1 aliphatic rings. The Balaban J connectivity index is 1.68. The van der Waals surface area contributed by atoms with E-state index in [1.165, 1.54) is 18.3 Å². The van der Waals surface area contributed by atoms with Crippen molar-refractivity contribution in [3.8, 4) is 6.07 Å². The number of nitrogens with zero attached hydrogens (tertiary/aromatic N) is 3. The molecule has 0 spiro atoms. The topological polar surface area (TPSA) is 86.1 Å². The molecule has 6 nitrogen and oxygen atoms in total. The molecule has 0 radical (unpaired) electrons. The van der Waals surface area contributed by atoms with Crippen LogP contribution in [0.4, 0.5) is 10.1 Å².